The van der Waals surface area contributed by atoms with Crippen LogP contribution in [0.4, 0.5) is 5.69 Å². The number of benzene rings is 5. The second kappa shape index (κ2) is 14.4. The van der Waals surface area contributed by atoms with E-state index in [9.17, 15) is 9.59 Å². The summed E-state index contributed by atoms with van der Waals surface area (Å²) in [5, 5.41) is 4.66. The van der Waals surface area contributed by atoms with Crippen molar-refractivity contribution in [2.24, 2.45) is 0 Å². The molecule has 1 N–H and O–H groups in total. The minimum atomic E-state index is -0.657. The zero-order chi connectivity index (χ0) is 34.4. The third-order valence-corrected chi connectivity index (χ3v) is 8.29. The Morgan fingerprint density at radius 1 is 0.694 bits per heavy atom. The largest absolute Gasteiger partial charge is 0.469 e. The normalized spacial score (nSPS) is 11.8. The Morgan fingerprint density at radius 2 is 1.31 bits per heavy atom. The van der Waals surface area contributed by atoms with Crippen molar-refractivity contribution in [1.82, 2.24) is 4.98 Å². The number of anilines is 1. The van der Waals surface area contributed by atoms with Gasteiger partial charge in [0.25, 0.3) is 5.91 Å². The van der Waals surface area contributed by atoms with Crippen LogP contribution in [0.1, 0.15) is 53.9 Å². The van der Waals surface area contributed by atoms with Gasteiger partial charge in [-0.3, -0.25) is 14.6 Å². The molecule has 5 aromatic carbocycles. The maximum absolute atomic E-state index is 13.5. The molecule has 246 valence electrons. The van der Waals surface area contributed by atoms with Gasteiger partial charge in [0.2, 0.25) is 0 Å². The highest BCUT2D eigenvalue weighted by Gasteiger charge is 2.26. The number of carbonyl (C=O) groups excluding carboxylic acids is 2. The molecule has 6 aromatic rings. The molecule has 0 aliphatic carbocycles. The van der Waals surface area contributed by atoms with Crippen LogP contribution < -0.4 is 14.8 Å². The number of nitrogens with zero attached hydrogens (tertiary/aromatic N) is 1. The predicted molar refractivity (Wildman–Crippen MR) is 193 cm³/mol. The van der Waals surface area contributed by atoms with E-state index in [1.54, 1.807) is 18.3 Å². The summed E-state index contributed by atoms with van der Waals surface area (Å²) in [4.78, 5) is 31.0. The van der Waals surface area contributed by atoms with Crippen molar-refractivity contribution in [2.45, 2.75) is 38.5 Å². The summed E-state index contributed by atoms with van der Waals surface area (Å²) in [7, 11) is 1.37. The number of carbonyl (C=O) groups is 2. The maximum atomic E-state index is 13.5. The van der Waals surface area contributed by atoms with Gasteiger partial charge in [0.05, 0.1) is 13.0 Å². The molecule has 0 fully saturated rings. The highest BCUT2D eigenvalue weighted by molar-refractivity contribution is 6.05. The molecule has 0 aliphatic heterocycles. The molecule has 6 rings (SSSR count). The highest BCUT2D eigenvalue weighted by Crippen LogP contribution is 2.32. The zero-order valence-corrected chi connectivity index (χ0v) is 28.0. The Morgan fingerprint density at radius 3 is 2.00 bits per heavy atom. The molecule has 7 nitrogen and oxygen atoms in total. The zero-order valence-electron chi connectivity index (χ0n) is 28.0. The van der Waals surface area contributed by atoms with Crippen LogP contribution in [0.15, 0.2) is 134 Å². The highest BCUT2D eigenvalue weighted by atomic mass is 16.5. The van der Waals surface area contributed by atoms with Gasteiger partial charge >= 0.3 is 5.97 Å². The number of para-hydroxylation sites is 2. The van der Waals surface area contributed by atoms with Crippen LogP contribution in [0, 0.1) is 0 Å². The summed E-state index contributed by atoms with van der Waals surface area (Å²) in [5.41, 5.74) is 3.61. The third kappa shape index (κ3) is 8.14. The Balaban J connectivity index is 1.16. The molecule has 0 saturated carbocycles. The molecule has 49 heavy (non-hydrogen) atoms. The molecular weight excluding hydrogens is 612 g/mol. The number of pyridine rings is 1. The molecule has 0 saturated heterocycles. The first-order valence-corrected chi connectivity index (χ1v) is 16.1. The first-order valence-electron chi connectivity index (χ1n) is 16.1. The minimum Gasteiger partial charge on any atom is -0.469 e. The predicted octanol–water partition coefficient (Wildman–Crippen LogP) is 9.87. The fourth-order valence-corrected chi connectivity index (χ4v) is 5.58. The molecule has 1 aromatic heterocycles. The van der Waals surface area contributed by atoms with E-state index >= 15 is 0 Å². The van der Waals surface area contributed by atoms with Gasteiger partial charge in [0.15, 0.2) is 0 Å². The van der Waals surface area contributed by atoms with E-state index in [1.807, 2.05) is 103 Å². The fraction of sp³-hybridized carbons (Fsp3) is 0.167. The lowest BCUT2D eigenvalue weighted by atomic mass is 9.87. The number of aromatic nitrogens is 1. The molecular formula is C42H38N2O5. The van der Waals surface area contributed by atoms with E-state index in [0.717, 1.165) is 27.8 Å². The van der Waals surface area contributed by atoms with Crippen molar-refractivity contribution in [2.75, 3.05) is 12.4 Å². The van der Waals surface area contributed by atoms with Gasteiger partial charge in [-0.2, -0.15) is 0 Å². The Bertz CT molecular complexity index is 2070. The van der Waals surface area contributed by atoms with Crippen molar-refractivity contribution < 1.29 is 23.8 Å². The van der Waals surface area contributed by atoms with E-state index in [2.05, 4.69) is 43.2 Å². The first-order chi connectivity index (χ1) is 23.7. The number of fused-ring (bicyclic) bond motifs is 1. The summed E-state index contributed by atoms with van der Waals surface area (Å²) in [6, 6.07) is 39.9. The number of amides is 1. The summed E-state index contributed by atoms with van der Waals surface area (Å²) in [5.74, 6) is 1.40. The van der Waals surface area contributed by atoms with Crippen molar-refractivity contribution in [3.05, 3.63) is 156 Å². The number of methoxy groups -OCH3 is 1. The number of nitrogens with one attached hydrogen (secondary N) is 1. The van der Waals surface area contributed by atoms with Crippen LogP contribution in [0.3, 0.4) is 0 Å². The first kappa shape index (κ1) is 33.0. The maximum Gasteiger partial charge on any atom is 0.313 e. The monoisotopic (exact) mass is 650 g/mol. The molecule has 0 bridgehead atoms. The lowest BCUT2D eigenvalue weighted by molar-refractivity contribution is -0.142. The summed E-state index contributed by atoms with van der Waals surface area (Å²) in [6.45, 7) is 6.53. The molecule has 0 unspecified atom stereocenters. The smallest absolute Gasteiger partial charge is 0.313 e. The van der Waals surface area contributed by atoms with Gasteiger partial charge in [-0.05, 0) is 94.6 Å². The standard InChI is InChI=1S/C42H38N2O5/c1-42(2,3)31-17-22-34(23-18-31)49-35-21-16-29-26-39(43-27-30(29)25-35)40(45)44-38-13-9-8-12-36(38)37(41(46)47-4)24-28-14-19-33(20-15-28)48-32-10-6-5-7-11-32/h5-23,25-27,37H,24H2,1-4H3,(H,44,45)/t37-/m0/s1. The summed E-state index contributed by atoms with van der Waals surface area (Å²) in [6.07, 6.45) is 2.03. The van der Waals surface area contributed by atoms with Gasteiger partial charge in [0.1, 0.15) is 28.7 Å². The van der Waals surface area contributed by atoms with E-state index in [0.29, 0.717) is 29.2 Å². The quantitative estimate of drug-likeness (QED) is 0.149. The SMILES string of the molecule is COC(=O)[C@@H](Cc1ccc(Oc2ccccc2)cc1)c1ccccc1NC(=O)c1cc2ccc(Oc3ccc(C(C)(C)C)cc3)cc2cn1. The van der Waals surface area contributed by atoms with Crippen LogP contribution in [0.25, 0.3) is 10.8 Å². The molecule has 0 aliphatic rings. The van der Waals surface area contributed by atoms with E-state index < -0.39 is 11.9 Å². The van der Waals surface area contributed by atoms with E-state index in [4.69, 9.17) is 14.2 Å². The van der Waals surface area contributed by atoms with Crippen LogP contribution >= 0.6 is 0 Å². The van der Waals surface area contributed by atoms with Crippen molar-refractivity contribution in [3.8, 4) is 23.0 Å². The van der Waals surface area contributed by atoms with Gasteiger partial charge < -0.3 is 19.5 Å². The van der Waals surface area contributed by atoms with Crippen molar-refractivity contribution >= 4 is 28.3 Å². The minimum absolute atomic E-state index is 0.0639. The molecule has 0 spiro atoms. The Hall–Kier alpha value is -5.95. The third-order valence-electron chi connectivity index (χ3n) is 8.29. The fourth-order valence-electron chi connectivity index (χ4n) is 5.58. The number of rotatable bonds is 10. The molecule has 1 atom stereocenters. The van der Waals surface area contributed by atoms with Gasteiger partial charge in [-0.15, -0.1) is 0 Å². The lowest BCUT2D eigenvalue weighted by Crippen LogP contribution is -2.21. The van der Waals surface area contributed by atoms with Crippen LogP contribution in [-0.2, 0) is 21.4 Å². The summed E-state index contributed by atoms with van der Waals surface area (Å²) < 4.78 is 17.2. The second-order valence-electron chi connectivity index (χ2n) is 12.8. The van der Waals surface area contributed by atoms with Crippen LogP contribution in [0.2, 0.25) is 0 Å². The average molecular weight is 651 g/mol. The average Bonchev–Trinajstić information content (AvgIpc) is 3.11. The number of hydrogen-bond donors (Lipinski definition) is 1. The lowest BCUT2D eigenvalue weighted by Gasteiger charge is -2.19. The van der Waals surface area contributed by atoms with Gasteiger partial charge in [0, 0.05) is 17.3 Å². The Kier molecular flexibility index (Phi) is 9.72. The number of ether oxygens (including phenoxy) is 3. The van der Waals surface area contributed by atoms with Crippen LogP contribution in [0.5, 0.6) is 23.0 Å². The second-order valence-corrected chi connectivity index (χ2v) is 12.8. The molecule has 1 heterocycles. The van der Waals surface area contributed by atoms with E-state index in [1.165, 1.54) is 12.7 Å². The molecule has 1 amide bonds. The van der Waals surface area contributed by atoms with E-state index in [-0.39, 0.29) is 17.0 Å². The van der Waals surface area contributed by atoms with Crippen molar-refractivity contribution in [3.63, 3.8) is 0 Å². The topological polar surface area (TPSA) is 86.8 Å². The van der Waals surface area contributed by atoms with Crippen molar-refractivity contribution in [1.29, 1.82) is 0 Å². The summed E-state index contributed by atoms with van der Waals surface area (Å²) >= 11 is 0. The number of esters is 1. The van der Waals surface area contributed by atoms with Gasteiger partial charge in [-0.25, -0.2) is 0 Å². The number of hydrogen-bond acceptors (Lipinski definition) is 6. The Labute approximate surface area is 286 Å². The van der Waals surface area contributed by atoms with Crippen LogP contribution in [-0.4, -0.2) is 24.0 Å². The van der Waals surface area contributed by atoms with Gasteiger partial charge in [-0.1, -0.05) is 87.5 Å². The molecule has 0 radical (unpaired) electrons. The molecule has 7 heteroatoms.